The van der Waals surface area contributed by atoms with Gasteiger partial charge in [-0.05, 0) is 11.5 Å². The number of nitrogens with two attached hydrogens (primary N) is 1. The van der Waals surface area contributed by atoms with Crippen LogP contribution in [-0.4, -0.2) is 48.6 Å². The van der Waals surface area contributed by atoms with E-state index >= 15 is 0 Å². The second-order valence-corrected chi connectivity index (χ2v) is 6.39. The van der Waals surface area contributed by atoms with Crippen LogP contribution in [0.5, 0.6) is 5.75 Å². The number of fused-ring (bicyclic) bond motifs is 1. The predicted octanol–water partition coefficient (Wildman–Crippen LogP) is 3.20. The maximum Gasteiger partial charge on any atom is 0.191 e. The minimum atomic E-state index is 0. The number of guanidine groups is 1. The second kappa shape index (κ2) is 9.22. The highest BCUT2D eigenvalue weighted by atomic mass is 127. The smallest absolute Gasteiger partial charge is 0.191 e. The molecular formula is C17H22IN3OS. The topological polar surface area (TPSA) is 50.9 Å². The van der Waals surface area contributed by atoms with Crippen molar-refractivity contribution in [3.8, 4) is 5.75 Å². The van der Waals surface area contributed by atoms with E-state index in [9.17, 15) is 0 Å². The SMILES string of the molecule is I.NC(=NCCOc1cccc2ccccc12)N1CCSCC1. The molecular weight excluding hydrogens is 421 g/mol. The number of thioether (sulfide) groups is 1. The van der Waals surface area contributed by atoms with Gasteiger partial charge in [-0.3, -0.25) is 0 Å². The van der Waals surface area contributed by atoms with Gasteiger partial charge in [-0.25, -0.2) is 4.99 Å². The average molecular weight is 443 g/mol. The van der Waals surface area contributed by atoms with Crippen LogP contribution < -0.4 is 10.5 Å². The maximum absolute atomic E-state index is 6.03. The Balaban J connectivity index is 0.00000192. The molecule has 1 saturated heterocycles. The molecule has 0 aromatic heterocycles. The van der Waals surface area contributed by atoms with E-state index in [0.717, 1.165) is 35.7 Å². The third kappa shape index (κ3) is 4.91. The molecule has 2 N–H and O–H groups in total. The van der Waals surface area contributed by atoms with Crippen LogP contribution in [0, 0.1) is 0 Å². The minimum Gasteiger partial charge on any atom is -0.491 e. The zero-order valence-electron chi connectivity index (χ0n) is 13.0. The first-order valence-corrected chi connectivity index (χ1v) is 8.73. The van der Waals surface area contributed by atoms with Crippen LogP contribution >= 0.6 is 35.7 Å². The number of nitrogens with zero attached hydrogens (tertiary/aromatic N) is 2. The molecule has 1 aliphatic heterocycles. The van der Waals surface area contributed by atoms with Gasteiger partial charge in [0.15, 0.2) is 5.96 Å². The number of hydrogen-bond acceptors (Lipinski definition) is 3. The van der Waals surface area contributed by atoms with E-state index in [4.69, 9.17) is 10.5 Å². The Bertz CT molecular complexity index is 654. The highest BCUT2D eigenvalue weighted by molar-refractivity contribution is 14.0. The van der Waals surface area contributed by atoms with Crippen molar-refractivity contribution < 1.29 is 4.74 Å². The highest BCUT2D eigenvalue weighted by Gasteiger charge is 2.11. The Morgan fingerprint density at radius 1 is 1.13 bits per heavy atom. The Kier molecular flexibility index (Phi) is 7.29. The summed E-state index contributed by atoms with van der Waals surface area (Å²) in [6, 6.07) is 14.3. The third-order valence-corrected chi connectivity index (χ3v) is 4.65. The van der Waals surface area contributed by atoms with E-state index in [1.165, 1.54) is 5.39 Å². The summed E-state index contributed by atoms with van der Waals surface area (Å²) in [7, 11) is 0. The molecule has 0 amide bonds. The van der Waals surface area contributed by atoms with Crippen LogP contribution in [0.3, 0.4) is 0 Å². The van der Waals surface area contributed by atoms with Crippen molar-refractivity contribution in [2.45, 2.75) is 0 Å². The number of ether oxygens (including phenoxy) is 1. The predicted molar refractivity (Wildman–Crippen MR) is 110 cm³/mol. The molecule has 2 aromatic carbocycles. The summed E-state index contributed by atoms with van der Waals surface area (Å²) in [6.45, 7) is 3.10. The number of rotatable bonds is 4. The zero-order chi connectivity index (χ0) is 15.2. The van der Waals surface area contributed by atoms with Crippen molar-refractivity contribution in [2.75, 3.05) is 37.7 Å². The summed E-state index contributed by atoms with van der Waals surface area (Å²) in [4.78, 5) is 6.58. The Hall–Kier alpha value is -1.15. The highest BCUT2D eigenvalue weighted by Crippen LogP contribution is 2.24. The molecule has 6 heteroatoms. The lowest BCUT2D eigenvalue weighted by Crippen LogP contribution is -2.42. The molecule has 0 atom stereocenters. The molecule has 0 saturated carbocycles. The molecule has 1 fully saturated rings. The van der Waals surface area contributed by atoms with Crippen molar-refractivity contribution in [2.24, 2.45) is 10.7 Å². The molecule has 124 valence electrons. The van der Waals surface area contributed by atoms with Crippen LogP contribution in [0.1, 0.15) is 0 Å². The molecule has 0 bridgehead atoms. The Morgan fingerprint density at radius 3 is 2.70 bits per heavy atom. The van der Waals surface area contributed by atoms with E-state index < -0.39 is 0 Å². The second-order valence-electron chi connectivity index (χ2n) is 5.17. The maximum atomic E-state index is 6.03. The fourth-order valence-corrected chi connectivity index (χ4v) is 3.43. The van der Waals surface area contributed by atoms with Crippen LogP contribution in [-0.2, 0) is 0 Å². The molecule has 4 nitrogen and oxygen atoms in total. The minimum absolute atomic E-state index is 0. The van der Waals surface area contributed by atoms with Crippen LogP contribution in [0.4, 0.5) is 0 Å². The first-order valence-electron chi connectivity index (χ1n) is 7.58. The number of benzene rings is 2. The third-order valence-electron chi connectivity index (χ3n) is 3.71. The first-order chi connectivity index (χ1) is 10.8. The quantitative estimate of drug-likeness (QED) is 0.341. The molecule has 1 aliphatic rings. The number of hydrogen-bond donors (Lipinski definition) is 1. The van der Waals surface area contributed by atoms with Gasteiger partial charge in [0.25, 0.3) is 0 Å². The van der Waals surface area contributed by atoms with Crippen molar-refractivity contribution >= 4 is 52.5 Å². The molecule has 0 radical (unpaired) electrons. The van der Waals surface area contributed by atoms with Gasteiger partial charge in [-0.15, -0.1) is 24.0 Å². The summed E-state index contributed by atoms with van der Waals surface area (Å²) in [5.74, 6) is 3.80. The Morgan fingerprint density at radius 2 is 1.87 bits per heavy atom. The lowest BCUT2D eigenvalue weighted by Gasteiger charge is -2.27. The molecule has 0 aliphatic carbocycles. The fourth-order valence-electron chi connectivity index (χ4n) is 2.53. The standard InChI is InChI=1S/C17H21N3OS.HI/c18-17(20-9-12-22-13-10-20)19-8-11-21-16-7-3-5-14-4-1-2-6-15(14)16;/h1-7H,8-13H2,(H2,18,19);1H. The van der Waals surface area contributed by atoms with Gasteiger partial charge in [0.05, 0.1) is 6.54 Å². The van der Waals surface area contributed by atoms with E-state index in [2.05, 4.69) is 28.1 Å². The summed E-state index contributed by atoms with van der Waals surface area (Å²) < 4.78 is 5.87. The lowest BCUT2D eigenvalue weighted by atomic mass is 10.1. The summed E-state index contributed by atoms with van der Waals surface area (Å²) in [5.41, 5.74) is 6.03. The van der Waals surface area contributed by atoms with E-state index in [1.54, 1.807) is 0 Å². The van der Waals surface area contributed by atoms with Gasteiger partial charge in [-0.1, -0.05) is 36.4 Å². The van der Waals surface area contributed by atoms with Crippen LogP contribution in [0.25, 0.3) is 10.8 Å². The number of aliphatic imine (C=N–C) groups is 1. The molecule has 1 heterocycles. The van der Waals surface area contributed by atoms with E-state index in [1.807, 2.05) is 36.0 Å². The molecule has 3 rings (SSSR count). The van der Waals surface area contributed by atoms with Crippen molar-refractivity contribution in [1.82, 2.24) is 4.90 Å². The monoisotopic (exact) mass is 443 g/mol. The molecule has 0 unspecified atom stereocenters. The Labute approximate surface area is 158 Å². The van der Waals surface area contributed by atoms with Crippen molar-refractivity contribution in [3.63, 3.8) is 0 Å². The first kappa shape index (κ1) is 18.2. The molecule has 2 aromatic rings. The lowest BCUT2D eigenvalue weighted by molar-refractivity contribution is 0.331. The molecule has 0 spiro atoms. The summed E-state index contributed by atoms with van der Waals surface area (Å²) in [5, 5.41) is 2.32. The van der Waals surface area contributed by atoms with Crippen LogP contribution in [0.15, 0.2) is 47.5 Å². The van der Waals surface area contributed by atoms with Crippen LogP contribution in [0.2, 0.25) is 0 Å². The van der Waals surface area contributed by atoms with Gasteiger partial charge in [0, 0.05) is 30.0 Å². The normalized spacial score (nSPS) is 15.3. The van der Waals surface area contributed by atoms with Crippen molar-refractivity contribution in [3.05, 3.63) is 42.5 Å². The van der Waals surface area contributed by atoms with Crippen molar-refractivity contribution in [1.29, 1.82) is 0 Å². The van der Waals surface area contributed by atoms with E-state index in [-0.39, 0.29) is 24.0 Å². The molecule has 23 heavy (non-hydrogen) atoms. The van der Waals surface area contributed by atoms with E-state index in [0.29, 0.717) is 19.1 Å². The van der Waals surface area contributed by atoms with Gasteiger partial charge in [0.1, 0.15) is 12.4 Å². The summed E-state index contributed by atoms with van der Waals surface area (Å²) >= 11 is 1.97. The van der Waals surface area contributed by atoms with Gasteiger partial charge < -0.3 is 15.4 Å². The summed E-state index contributed by atoms with van der Waals surface area (Å²) in [6.07, 6.45) is 0. The largest absolute Gasteiger partial charge is 0.491 e. The fraction of sp³-hybridized carbons (Fsp3) is 0.353. The average Bonchev–Trinajstić information content (AvgIpc) is 2.59. The number of halogens is 1. The van der Waals surface area contributed by atoms with Gasteiger partial charge in [0.2, 0.25) is 0 Å². The zero-order valence-corrected chi connectivity index (χ0v) is 16.1. The van der Waals surface area contributed by atoms with Gasteiger partial charge in [-0.2, -0.15) is 11.8 Å². The van der Waals surface area contributed by atoms with Gasteiger partial charge >= 0.3 is 0 Å².